The van der Waals surface area contributed by atoms with Crippen LogP contribution in [0.1, 0.15) is 57.7 Å². The highest BCUT2D eigenvalue weighted by Crippen LogP contribution is 2.48. The molecule has 3 heteroatoms. The maximum Gasteiger partial charge on any atom is 0.131 e. The van der Waals surface area contributed by atoms with Crippen LogP contribution in [0.2, 0.25) is 0 Å². The highest BCUT2D eigenvalue weighted by atomic mass is 19.1. The van der Waals surface area contributed by atoms with Gasteiger partial charge in [-0.15, -0.1) is 0 Å². The molecule has 0 saturated carbocycles. The maximum absolute atomic E-state index is 14.9. The summed E-state index contributed by atoms with van der Waals surface area (Å²) in [4.78, 5) is 2.44. The van der Waals surface area contributed by atoms with Crippen LogP contribution in [0.4, 0.5) is 4.39 Å². The standard InChI is InChI=1S/C25H34FNO/c1-17(2)14-18-8-10-20(21-16-19(28-6)9-11-23(21)26)22(15-18)24-25(3,4)12-7-13-27(24)5/h8-11,15-17,24H,7,12-14H2,1-6H3. The van der Waals surface area contributed by atoms with Crippen LogP contribution in [0.25, 0.3) is 11.1 Å². The van der Waals surface area contributed by atoms with E-state index in [1.165, 1.54) is 30.0 Å². The summed E-state index contributed by atoms with van der Waals surface area (Å²) < 4.78 is 20.2. The van der Waals surface area contributed by atoms with Gasteiger partial charge in [0.15, 0.2) is 0 Å². The molecular formula is C25H34FNO. The molecule has 1 aliphatic heterocycles. The fourth-order valence-electron chi connectivity index (χ4n) is 4.82. The van der Waals surface area contributed by atoms with E-state index in [0.29, 0.717) is 17.2 Å². The second-order valence-electron chi connectivity index (χ2n) is 9.34. The van der Waals surface area contributed by atoms with Gasteiger partial charge < -0.3 is 4.74 Å². The van der Waals surface area contributed by atoms with Crippen molar-refractivity contribution in [1.29, 1.82) is 0 Å². The molecular weight excluding hydrogens is 349 g/mol. The average molecular weight is 384 g/mol. The van der Waals surface area contributed by atoms with E-state index in [4.69, 9.17) is 4.74 Å². The normalized spacial score (nSPS) is 19.8. The van der Waals surface area contributed by atoms with Crippen LogP contribution >= 0.6 is 0 Å². The predicted molar refractivity (Wildman–Crippen MR) is 115 cm³/mol. The lowest BCUT2D eigenvalue weighted by Crippen LogP contribution is -2.41. The molecule has 0 N–H and O–H groups in total. The summed E-state index contributed by atoms with van der Waals surface area (Å²) >= 11 is 0. The minimum absolute atomic E-state index is 0.132. The van der Waals surface area contributed by atoms with E-state index < -0.39 is 0 Å². The minimum atomic E-state index is -0.199. The minimum Gasteiger partial charge on any atom is -0.497 e. The third-order valence-corrected chi connectivity index (χ3v) is 6.03. The van der Waals surface area contributed by atoms with Crippen molar-refractivity contribution >= 4 is 0 Å². The van der Waals surface area contributed by atoms with Gasteiger partial charge in [0.2, 0.25) is 0 Å². The van der Waals surface area contributed by atoms with Gasteiger partial charge in [0.25, 0.3) is 0 Å². The lowest BCUT2D eigenvalue weighted by atomic mass is 9.72. The van der Waals surface area contributed by atoms with Crippen LogP contribution in [0, 0.1) is 17.2 Å². The monoisotopic (exact) mass is 383 g/mol. The molecule has 2 aromatic carbocycles. The van der Waals surface area contributed by atoms with E-state index >= 15 is 0 Å². The average Bonchev–Trinajstić information content (AvgIpc) is 2.61. The fourth-order valence-corrected chi connectivity index (χ4v) is 4.82. The van der Waals surface area contributed by atoms with Crippen LogP contribution < -0.4 is 4.74 Å². The van der Waals surface area contributed by atoms with Gasteiger partial charge in [-0.2, -0.15) is 0 Å². The topological polar surface area (TPSA) is 12.5 Å². The Hall–Kier alpha value is -1.87. The van der Waals surface area contributed by atoms with E-state index in [1.807, 2.05) is 6.07 Å². The SMILES string of the molecule is COc1ccc(F)c(-c2ccc(CC(C)C)cc2C2N(C)CCCC2(C)C)c1. The molecule has 1 atom stereocenters. The second kappa shape index (κ2) is 8.24. The second-order valence-corrected chi connectivity index (χ2v) is 9.34. The molecule has 2 nitrogen and oxygen atoms in total. The van der Waals surface area contributed by atoms with Crippen molar-refractivity contribution in [2.75, 3.05) is 20.7 Å². The summed E-state index contributed by atoms with van der Waals surface area (Å²) in [7, 11) is 3.83. The van der Waals surface area contributed by atoms with Gasteiger partial charge in [-0.25, -0.2) is 4.39 Å². The van der Waals surface area contributed by atoms with Gasteiger partial charge in [-0.05, 0) is 79.1 Å². The summed E-state index contributed by atoms with van der Waals surface area (Å²) in [5.41, 5.74) is 4.30. The first-order chi connectivity index (χ1) is 13.2. The largest absolute Gasteiger partial charge is 0.497 e. The molecule has 0 aromatic heterocycles. The smallest absolute Gasteiger partial charge is 0.131 e. The van der Waals surface area contributed by atoms with Crippen molar-refractivity contribution < 1.29 is 9.13 Å². The Morgan fingerprint density at radius 3 is 2.54 bits per heavy atom. The Morgan fingerprint density at radius 1 is 1.14 bits per heavy atom. The van der Waals surface area contributed by atoms with Crippen LogP contribution in [0.15, 0.2) is 36.4 Å². The highest BCUT2D eigenvalue weighted by molar-refractivity contribution is 5.71. The fraction of sp³-hybridized carbons (Fsp3) is 0.520. The molecule has 0 aliphatic carbocycles. The van der Waals surface area contributed by atoms with Gasteiger partial charge in [0.05, 0.1) is 7.11 Å². The number of hydrogen-bond acceptors (Lipinski definition) is 2. The first kappa shape index (κ1) is 20.9. The lowest BCUT2D eigenvalue weighted by Gasteiger charge is -2.46. The first-order valence-electron chi connectivity index (χ1n) is 10.4. The van der Waals surface area contributed by atoms with Crippen LogP contribution in [0.5, 0.6) is 5.75 Å². The zero-order valence-corrected chi connectivity index (χ0v) is 18.2. The van der Waals surface area contributed by atoms with E-state index in [0.717, 1.165) is 18.5 Å². The van der Waals surface area contributed by atoms with Crippen LogP contribution in [-0.2, 0) is 6.42 Å². The highest BCUT2D eigenvalue weighted by Gasteiger charge is 2.38. The molecule has 0 bridgehead atoms. The molecule has 1 unspecified atom stereocenters. The van der Waals surface area contributed by atoms with Gasteiger partial charge >= 0.3 is 0 Å². The summed E-state index contributed by atoms with van der Waals surface area (Å²) in [5, 5.41) is 0. The Bertz CT molecular complexity index is 827. The lowest BCUT2D eigenvalue weighted by molar-refractivity contribution is 0.0581. The van der Waals surface area contributed by atoms with Crippen molar-refractivity contribution in [3.05, 3.63) is 53.3 Å². The van der Waals surface area contributed by atoms with E-state index in [9.17, 15) is 4.39 Å². The quantitative estimate of drug-likeness (QED) is 0.585. The van der Waals surface area contributed by atoms with E-state index in [2.05, 4.69) is 57.8 Å². The van der Waals surface area contributed by atoms with Gasteiger partial charge in [-0.1, -0.05) is 45.9 Å². The third kappa shape index (κ3) is 4.25. The van der Waals surface area contributed by atoms with Gasteiger partial charge in [0.1, 0.15) is 11.6 Å². The number of nitrogens with zero attached hydrogens (tertiary/aromatic N) is 1. The molecule has 1 heterocycles. The molecule has 1 aliphatic rings. The van der Waals surface area contributed by atoms with Crippen molar-refractivity contribution in [1.82, 2.24) is 4.90 Å². The summed E-state index contributed by atoms with van der Waals surface area (Å²) in [6, 6.07) is 11.9. The molecule has 1 saturated heterocycles. The molecule has 152 valence electrons. The Kier molecular flexibility index (Phi) is 6.14. The first-order valence-corrected chi connectivity index (χ1v) is 10.4. The van der Waals surface area contributed by atoms with Crippen molar-refractivity contribution in [2.24, 2.45) is 11.3 Å². The summed E-state index contributed by atoms with van der Waals surface area (Å²) in [6.07, 6.45) is 3.41. The number of likely N-dealkylation sites (tertiary alicyclic amines) is 1. The van der Waals surface area contributed by atoms with Crippen molar-refractivity contribution in [3.8, 4) is 16.9 Å². The molecule has 0 spiro atoms. The zero-order chi connectivity index (χ0) is 20.5. The third-order valence-electron chi connectivity index (χ3n) is 6.03. The van der Waals surface area contributed by atoms with E-state index in [-0.39, 0.29) is 17.3 Å². The Labute approximate surface area is 169 Å². The number of ether oxygens (including phenoxy) is 1. The molecule has 1 fully saturated rings. The molecule has 28 heavy (non-hydrogen) atoms. The van der Waals surface area contributed by atoms with Gasteiger partial charge in [0, 0.05) is 11.6 Å². The van der Waals surface area contributed by atoms with Crippen molar-refractivity contribution in [2.45, 2.75) is 53.0 Å². The number of hydrogen-bond donors (Lipinski definition) is 0. The maximum atomic E-state index is 14.9. The number of methoxy groups -OCH3 is 1. The summed E-state index contributed by atoms with van der Waals surface area (Å²) in [6.45, 7) is 10.2. The van der Waals surface area contributed by atoms with Crippen LogP contribution in [0.3, 0.4) is 0 Å². The number of halogens is 1. The molecule has 0 amide bonds. The number of piperidine rings is 1. The van der Waals surface area contributed by atoms with Crippen molar-refractivity contribution in [3.63, 3.8) is 0 Å². The predicted octanol–water partition coefficient (Wildman–Crippen LogP) is 6.49. The zero-order valence-electron chi connectivity index (χ0n) is 18.2. The van der Waals surface area contributed by atoms with Crippen LogP contribution in [-0.4, -0.2) is 25.6 Å². The Balaban J connectivity index is 2.20. The summed E-state index contributed by atoms with van der Waals surface area (Å²) in [5.74, 6) is 1.07. The molecule has 3 rings (SSSR count). The molecule has 2 aromatic rings. The van der Waals surface area contributed by atoms with E-state index in [1.54, 1.807) is 13.2 Å². The Morgan fingerprint density at radius 2 is 1.89 bits per heavy atom. The number of rotatable bonds is 5. The molecule has 0 radical (unpaired) electrons. The van der Waals surface area contributed by atoms with Gasteiger partial charge in [-0.3, -0.25) is 4.90 Å². The number of benzene rings is 2.